The van der Waals surface area contributed by atoms with Crippen LogP contribution in [0.5, 0.6) is 0 Å². The van der Waals surface area contributed by atoms with Crippen LogP contribution in [0.25, 0.3) is 0 Å². The van der Waals surface area contributed by atoms with E-state index in [-0.39, 0.29) is 0 Å². The molecule has 0 heterocycles. The zero-order valence-electron chi connectivity index (χ0n) is 8.44. The van der Waals surface area contributed by atoms with Gasteiger partial charge in [-0.25, -0.2) is 8.42 Å². The Morgan fingerprint density at radius 1 is 1.07 bits per heavy atom. The van der Waals surface area contributed by atoms with Gasteiger partial charge in [-0.2, -0.15) is 0 Å². The Morgan fingerprint density at radius 3 is 2.29 bits per heavy atom. The number of benzene rings is 1. The highest BCUT2D eigenvalue weighted by molar-refractivity contribution is 7.90. The van der Waals surface area contributed by atoms with Crippen LogP contribution in [0.3, 0.4) is 0 Å². The fourth-order valence-corrected chi connectivity index (χ4v) is 2.07. The first-order valence-corrected chi connectivity index (χ1v) is 6.86. The van der Waals surface area contributed by atoms with Crippen LogP contribution in [-0.4, -0.2) is 20.4 Å². The van der Waals surface area contributed by atoms with Crippen molar-refractivity contribution in [1.82, 2.24) is 0 Å². The summed E-state index contributed by atoms with van der Waals surface area (Å²) in [5, 5.41) is 0. The molecule has 0 fully saturated rings. The van der Waals surface area contributed by atoms with E-state index >= 15 is 0 Å². The van der Waals surface area contributed by atoms with Crippen LogP contribution in [0, 0.1) is 0 Å². The number of hydrogen-bond acceptors (Lipinski definition) is 2. The van der Waals surface area contributed by atoms with E-state index in [0.29, 0.717) is 5.75 Å². The molecule has 1 aromatic rings. The molecule has 1 rings (SSSR count). The molecule has 0 radical (unpaired) electrons. The molecule has 0 aliphatic rings. The number of unbranched alkanes of at least 4 members (excludes halogenated alkanes) is 1. The Bertz CT molecular complexity index is 354. The molecule has 0 aliphatic heterocycles. The number of sulfone groups is 1. The second-order valence-corrected chi connectivity index (χ2v) is 5.83. The van der Waals surface area contributed by atoms with E-state index in [1.54, 1.807) is 0 Å². The Kier molecular flexibility index (Phi) is 4.14. The van der Waals surface area contributed by atoms with Gasteiger partial charge >= 0.3 is 0 Å². The second-order valence-electron chi connectivity index (χ2n) is 3.57. The molecule has 0 aromatic heterocycles. The van der Waals surface area contributed by atoms with Crippen molar-refractivity contribution in [3.8, 4) is 0 Å². The van der Waals surface area contributed by atoms with E-state index < -0.39 is 9.84 Å². The van der Waals surface area contributed by atoms with Crippen molar-refractivity contribution in [2.45, 2.75) is 19.3 Å². The van der Waals surface area contributed by atoms with Crippen LogP contribution >= 0.6 is 0 Å². The van der Waals surface area contributed by atoms with Gasteiger partial charge in [-0.3, -0.25) is 0 Å². The van der Waals surface area contributed by atoms with Crippen molar-refractivity contribution in [1.29, 1.82) is 0 Å². The summed E-state index contributed by atoms with van der Waals surface area (Å²) in [6, 6.07) is 10.1. The molecular weight excluding hydrogens is 196 g/mol. The van der Waals surface area contributed by atoms with Crippen molar-refractivity contribution >= 4 is 9.84 Å². The number of hydrogen-bond donors (Lipinski definition) is 0. The first-order valence-electron chi connectivity index (χ1n) is 4.79. The predicted molar refractivity (Wildman–Crippen MR) is 59.1 cm³/mol. The maximum absolute atomic E-state index is 10.8. The van der Waals surface area contributed by atoms with Gasteiger partial charge in [0.1, 0.15) is 9.84 Å². The summed E-state index contributed by atoms with van der Waals surface area (Å²) in [5.74, 6) is 0.305. The summed E-state index contributed by atoms with van der Waals surface area (Å²) in [6.45, 7) is 0. The van der Waals surface area contributed by atoms with Crippen molar-refractivity contribution in [2.24, 2.45) is 0 Å². The Balaban J connectivity index is 2.23. The smallest absolute Gasteiger partial charge is 0.147 e. The lowest BCUT2D eigenvalue weighted by Crippen LogP contribution is -2.02. The van der Waals surface area contributed by atoms with Crippen LogP contribution in [0.4, 0.5) is 0 Å². The van der Waals surface area contributed by atoms with Crippen LogP contribution < -0.4 is 0 Å². The van der Waals surface area contributed by atoms with E-state index in [4.69, 9.17) is 0 Å². The third kappa shape index (κ3) is 5.02. The molecule has 0 saturated heterocycles. The molecule has 2 nitrogen and oxygen atoms in total. The van der Waals surface area contributed by atoms with Gasteiger partial charge in [-0.05, 0) is 24.8 Å². The second kappa shape index (κ2) is 5.15. The fourth-order valence-electron chi connectivity index (χ4n) is 1.34. The SMILES string of the molecule is CS(=O)(=O)CCCCc1ccccc1. The minimum absolute atomic E-state index is 0.305. The van der Waals surface area contributed by atoms with Gasteiger partial charge in [0.15, 0.2) is 0 Å². The molecule has 0 spiro atoms. The molecule has 78 valence electrons. The van der Waals surface area contributed by atoms with Crippen molar-refractivity contribution in [3.63, 3.8) is 0 Å². The normalized spacial score (nSPS) is 11.5. The molecule has 0 atom stereocenters. The molecule has 0 saturated carbocycles. The Hall–Kier alpha value is -0.830. The van der Waals surface area contributed by atoms with Crippen LogP contribution in [0.1, 0.15) is 18.4 Å². The lowest BCUT2D eigenvalue weighted by Gasteiger charge is -2.00. The highest BCUT2D eigenvalue weighted by atomic mass is 32.2. The van der Waals surface area contributed by atoms with E-state index in [9.17, 15) is 8.42 Å². The lowest BCUT2D eigenvalue weighted by atomic mass is 10.1. The van der Waals surface area contributed by atoms with E-state index in [1.165, 1.54) is 11.8 Å². The molecule has 0 N–H and O–H groups in total. The Labute approximate surface area is 85.9 Å². The summed E-state index contributed by atoms with van der Waals surface area (Å²) in [7, 11) is -2.78. The minimum atomic E-state index is -2.78. The van der Waals surface area contributed by atoms with Crippen molar-refractivity contribution in [2.75, 3.05) is 12.0 Å². The van der Waals surface area contributed by atoms with E-state index in [2.05, 4.69) is 12.1 Å². The largest absolute Gasteiger partial charge is 0.229 e. The average molecular weight is 212 g/mol. The van der Waals surface area contributed by atoms with Gasteiger partial charge in [0.2, 0.25) is 0 Å². The molecule has 0 amide bonds. The third-order valence-corrected chi connectivity index (χ3v) is 3.10. The van der Waals surface area contributed by atoms with Crippen molar-refractivity contribution in [3.05, 3.63) is 35.9 Å². The van der Waals surface area contributed by atoms with Crippen LogP contribution in [0.15, 0.2) is 30.3 Å². The molecule has 1 aromatic carbocycles. The van der Waals surface area contributed by atoms with Gasteiger partial charge in [0.25, 0.3) is 0 Å². The molecule has 14 heavy (non-hydrogen) atoms. The maximum atomic E-state index is 10.8. The third-order valence-electron chi connectivity index (χ3n) is 2.07. The fraction of sp³-hybridized carbons (Fsp3) is 0.455. The molecule has 0 unspecified atom stereocenters. The first-order chi connectivity index (χ1) is 6.58. The van der Waals surface area contributed by atoms with E-state index in [1.807, 2.05) is 18.2 Å². The summed E-state index contributed by atoms with van der Waals surface area (Å²) in [6.07, 6.45) is 3.96. The molecule has 3 heteroatoms. The van der Waals surface area contributed by atoms with Gasteiger partial charge < -0.3 is 0 Å². The summed E-state index contributed by atoms with van der Waals surface area (Å²) < 4.78 is 21.7. The lowest BCUT2D eigenvalue weighted by molar-refractivity contribution is 0.597. The molecule has 0 bridgehead atoms. The van der Waals surface area contributed by atoms with Gasteiger partial charge in [0.05, 0.1) is 0 Å². The summed E-state index contributed by atoms with van der Waals surface area (Å²) in [5.41, 5.74) is 1.28. The number of rotatable bonds is 5. The van der Waals surface area contributed by atoms with Crippen LogP contribution in [0.2, 0.25) is 0 Å². The molecular formula is C11H16O2S. The van der Waals surface area contributed by atoms with Gasteiger partial charge in [0, 0.05) is 12.0 Å². The molecule has 0 aliphatic carbocycles. The van der Waals surface area contributed by atoms with Gasteiger partial charge in [-0.1, -0.05) is 30.3 Å². The maximum Gasteiger partial charge on any atom is 0.147 e. The van der Waals surface area contributed by atoms with Gasteiger partial charge in [-0.15, -0.1) is 0 Å². The Morgan fingerprint density at radius 2 is 1.71 bits per heavy atom. The summed E-state index contributed by atoms with van der Waals surface area (Å²) in [4.78, 5) is 0. The quantitative estimate of drug-likeness (QED) is 0.700. The highest BCUT2D eigenvalue weighted by Gasteiger charge is 2.00. The number of aryl methyl sites for hydroxylation is 1. The van der Waals surface area contributed by atoms with Crippen LogP contribution in [-0.2, 0) is 16.3 Å². The zero-order valence-corrected chi connectivity index (χ0v) is 9.26. The van der Waals surface area contributed by atoms with Crippen molar-refractivity contribution < 1.29 is 8.42 Å². The summed E-state index contributed by atoms with van der Waals surface area (Å²) >= 11 is 0. The zero-order chi connectivity index (χ0) is 10.4. The minimum Gasteiger partial charge on any atom is -0.229 e. The first kappa shape index (κ1) is 11.2. The standard InChI is InChI=1S/C11H16O2S/c1-14(12,13)10-6-5-9-11-7-3-2-4-8-11/h2-4,7-8H,5-6,9-10H2,1H3. The average Bonchev–Trinajstić information content (AvgIpc) is 2.13. The monoisotopic (exact) mass is 212 g/mol. The van der Waals surface area contributed by atoms with E-state index in [0.717, 1.165) is 19.3 Å². The topological polar surface area (TPSA) is 34.1 Å². The predicted octanol–water partition coefficient (Wildman–Crippen LogP) is 2.05. The highest BCUT2D eigenvalue weighted by Crippen LogP contribution is 2.05.